The standard InChI is InChI=1S/C16H18N2O3S2/c1-11-13(23-14(17-11)12-2-9-22-10-12)15(19)18-5-3-16(4-6-18)20-7-8-21-16/h2,9-10H,3-8H2,1H3. The van der Waals surface area contributed by atoms with Gasteiger partial charge < -0.3 is 14.4 Å². The Balaban J connectivity index is 1.49. The fourth-order valence-corrected chi connectivity index (χ4v) is 4.83. The predicted molar refractivity (Wildman–Crippen MR) is 89.9 cm³/mol. The number of nitrogens with zero attached hydrogens (tertiary/aromatic N) is 2. The van der Waals surface area contributed by atoms with Gasteiger partial charge in [-0.3, -0.25) is 4.79 Å². The van der Waals surface area contributed by atoms with Crippen molar-refractivity contribution in [3.8, 4) is 10.6 Å². The van der Waals surface area contributed by atoms with Crippen LogP contribution in [0.5, 0.6) is 0 Å². The summed E-state index contributed by atoms with van der Waals surface area (Å²) in [5.74, 6) is -0.365. The zero-order valence-electron chi connectivity index (χ0n) is 12.9. The number of hydrogen-bond donors (Lipinski definition) is 0. The van der Waals surface area contributed by atoms with Gasteiger partial charge in [0.05, 0.1) is 18.9 Å². The van der Waals surface area contributed by atoms with E-state index >= 15 is 0 Å². The summed E-state index contributed by atoms with van der Waals surface area (Å²) < 4.78 is 11.4. The number of thiophene rings is 1. The van der Waals surface area contributed by atoms with Gasteiger partial charge in [-0.25, -0.2) is 4.98 Å². The third-order valence-corrected chi connectivity index (χ3v) is 6.26. The predicted octanol–water partition coefficient (Wildman–Crippen LogP) is 3.16. The largest absolute Gasteiger partial charge is 0.347 e. The summed E-state index contributed by atoms with van der Waals surface area (Å²) in [5, 5.41) is 5.01. The summed E-state index contributed by atoms with van der Waals surface area (Å²) in [7, 11) is 0. The molecule has 0 saturated carbocycles. The molecule has 0 atom stereocenters. The fourth-order valence-electron chi connectivity index (χ4n) is 3.08. The summed E-state index contributed by atoms with van der Waals surface area (Å²) in [5.41, 5.74) is 1.90. The first-order valence-corrected chi connectivity index (χ1v) is 9.50. The number of thiazole rings is 1. The average molecular weight is 350 g/mol. The molecule has 0 radical (unpaired) electrons. The third-order valence-electron chi connectivity index (χ3n) is 4.38. The average Bonchev–Trinajstić information content (AvgIpc) is 3.28. The van der Waals surface area contributed by atoms with E-state index in [2.05, 4.69) is 10.4 Å². The second-order valence-corrected chi connectivity index (χ2v) is 7.62. The van der Waals surface area contributed by atoms with Crippen LogP contribution in [0.3, 0.4) is 0 Å². The Hall–Kier alpha value is -1.28. The van der Waals surface area contributed by atoms with Gasteiger partial charge in [0.2, 0.25) is 0 Å². The minimum Gasteiger partial charge on any atom is -0.347 e. The Morgan fingerprint density at radius 3 is 2.70 bits per heavy atom. The van der Waals surface area contributed by atoms with Crippen LogP contribution in [0.4, 0.5) is 0 Å². The van der Waals surface area contributed by atoms with E-state index in [9.17, 15) is 4.79 Å². The molecule has 0 bridgehead atoms. The second-order valence-electron chi connectivity index (χ2n) is 5.85. The van der Waals surface area contributed by atoms with Crippen LogP contribution in [0.25, 0.3) is 10.6 Å². The van der Waals surface area contributed by atoms with Crippen molar-refractivity contribution in [2.24, 2.45) is 0 Å². The molecule has 2 saturated heterocycles. The number of carbonyl (C=O) groups is 1. The van der Waals surface area contributed by atoms with Crippen molar-refractivity contribution in [1.29, 1.82) is 0 Å². The maximum Gasteiger partial charge on any atom is 0.265 e. The van der Waals surface area contributed by atoms with Crippen LogP contribution in [0, 0.1) is 6.92 Å². The number of ether oxygens (including phenoxy) is 2. The van der Waals surface area contributed by atoms with E-state index < -0.39 is 5.79 Å². The highest BCUT2D eigenvalue weighted by molar-refractivity contribution is 7.17. The van der Waals surface area contributed by atoms with Gasteiger partial charge in [-0.15, -0.1) is 11.3 Å². The van der Waals surface area contributed by atoms with Crippen LogP contribution < -0.4 is 0 Å². The van der Waals surface area contributed by atoms with Crippen LogP contribution in [0.15, 0.2) is 16.8 Å². The van der Waals surface area contributed by atoms with Crippen LogP contribution in [-0.4, -0.2) is 47.9 Å². The molecule has 0 aromatic carbocycles. The number of likely N-dealkylation sites (tertiary alicyclic amines) is 1. The molecule has 0 aliphatic carbocycles. The van der Waals surface area contributed by atoms with Crippen molar-refractivity contribution >= 4 is 28.6 Å². The highest BCUT2D eigenvalue weighted by atomic mass is 32.1. The van der Waals surface area contributed by atoms with E-state index in [0.29, 0.717) is 26.3 Å². The lowest BCUT2D eigenvalue weighted by molar-refractivity contribution is -0.181. The number of rotatable bonds is 2. The Bertz CT molecular complexity index is 695. The van der Waals surface area contributed by atoms with Gasteiger partial charge in [0.25, 0.3) is 5.91 Å². The van der Waals surface area contributed by atoms with E-state index in [1.54, 1.807) is 11.3 Å². The van der Waals surface area contributed by atoms with Crippen molar-refractivity contribution in [3.63, 3.8) is 0 Å². The molecule has 2 aromatic heterocycles. The van der Waals surface area contributed by atoms with Crippen LogP contribution in [-0.2, 0) is 9.47 Å². The van der Waals surface area contributed by atoms with Gasteiger partial charge >= 0.3 is 0 Å². The summed E-state index contributed by atoms with van der Waals surface area (Å²) in [6.07, 6.45) is 1.49. The molecule has 4 heterocycles. The van der Waals surface area contributed by atoms with E-state index in [1.165, 1.54) is 11.3 Å². The van der Waals surface area contributed by atoms with Crippen LogP contribution in [0.2, 0.25) is 0 Å². The summed E-state index contributed by atoms with van der Waals surface area (Å²) in [4.78, 5) is 20.0. The summed E-state index contributed by atoms with van der Waals surface area (Å²) >= 11 is 3.12. The van der Waals surface area contributed by atoms with E-state index in [4.69, 9.17) is 9.47 Å². The SMILES string of the molecule is Cc1nc(-c2ccsc2)sc1C(=O)N1CCC2(CC1)OCCO2. The molecule has 2 aliphatic rings. The van der Waals surface area contributed by atoms with E-state index in [1.807, 2.05) is 23.3 Å². The maximum atomic E-state index is 12.8. The molecule has 23 heavy (non-hydrogen) atoms. The molecule has 4 rings (SSSR count). The molecule has 122 valence electrons. The first-order valence-electron chi connectivity index (χ1n) is 7.74. The topological polar surface area (TPSA) is 51.7 Å². The third kappa shape index (κ3) is 2.82. The number of carbonyl (C=O) groups excluding carboxylic acids is 1. The molecule has 7 heteroatoms. The van der Waals surface area contributed by atoms with Crippen LogP contribution >= 0.6 is 22.7 Å². The van der Waals surface area contributed by atoms with Crippen molar-refractivity contribution in [3.05, 3.63) is 27.4 Å². The molecular weight excluding hydrogens is 332 g/mol. The number of aryl methyl sites for hydroxylation is 1. The molecule has 0 unspecified atom stereocenters. The van der Waals surface area contributed by atoms with E-state index in [-0.39, 0.29) is 5.91 Å². The van der Waals surface area contributed by atoms with Crippen molar-refractivity contribution in [1.82, 2.24) is 9.88 Å². The van der Waals surface area contributed by atoms with Crippen molar-refractivity contribution in [2.45, 2.75) is 25.6 Å². The van der Waals surface area contributed by atoms with E-state index in [0.717, 1.165) is 34.0 Å². The monoisotopic (exact) mass is 350 g/mol. The molecule has 5 nitrogen and oxygen atoms in total. The zero-order valence-corrected chi connectivity index (χ0v) is 14.5. The first-order chi connectivity index (χ1) is 11.2. The normalized spacial score (nSPS) is 20.3. The molecule has 2 aliphatic heterocycles. The quantitative estimate of drug-likeness (QED) is 0.835. The minimum atomic E-state index is -0.443. The van der Waals surface area contributed by atoms with Gasteiger partial charge in [-0.05, 0) is 18.4 Å². The van der Waals surface area contributed by atoms with Crippen LogP contribution in [0.1, 0.15) is 28.2 Å². The van der Waals surface area contributed by atoms with Crippen molar-refractivity contribution < 1.29 is 14.3 Å². The van der Waals surface area contributed by atoms with Crippen molar-refractivity contribution in [2.75, 3.05) is 26.3 Å². The lowest BCUT2D eigenvalue weighted by Crippen LogP contribution is -2.47. The lowest BCUT2D eigenvalue weighted by Gasteiger charge is -2.37. The highest BCUT2D eigenvalue weighted by Crippen LogP contribution is 2.34. The maximum absolute atomic E-state index is 12.8. The lowest BCUT2D eigenvalue weighted by atomic mass is 10.0. The van der Waals surface area contributed by atoms with Gasteiger partial charge in [0.15, 0.2) is 5.79 Å². The van der Waals surface area contributed by atoms with Gasteiger partial charge in [-0.1, -0.05) is 0 Å². The molecule has 0 N–H and O–H groups in total. The summed E-state index contributed by atoms with van der Waals surface area (Å²) in [6.45, 7) is 4.57. The smallest absolute Gasteiger partial charge is 0.265 e. The minimum absolute atomic E-state index is 0.0781. The zero-order chi connectivity index (χ0) is 15.9. The number of piperidine rings is 1. The molecule has 1 amide bonds. The Labute approximate surface area is 142 Å². The Morgan fingerprint density at radius 2 is 2.04 bits per heavy atom. The number of amides is 1. The molecule has 2 aromatic rings. The Morgan fingerprint density at radius 1 is 1.30 bits per heavy atom. The Kier molecular flexibility index (Phi) is 3.96. The molecule has 1 spiro atoms. The second kappa shape index (κ2) is 5.98. The highest BCUT2D eigenvalue weighted by Gasteiger charge is 2.41. The summed E-state index contributed by atoms with van der Waals surface area (Å²) in [6, 6.07) is 2.04. The first kappa shape index (κ1) is 15.3. The number of hydrogen-bond acceptors (Lipinski definition) is 6. The molecular formula is C16H18N2O3S2. The van der Waals surface area contributed by atoms with Gasteiger partial charge in [0, 0.05) is 36.9 Å². The van der Waals surface area contributed by atoms with Gasteiger partial charge in [0.1, 0.15) is 9.88 Å². The number of aromatic nitrogens is 1. The fraction of sp³-hybridized carbons (Fsp3) is 0.500. The molecule has 2 fully saturated rings. The van der Waals surface area contributed by atoms with Gasteiger partial charge in [-0.2, -0.15) is 11.3 Å².